The smallest absolute Gasteiger partial charge is 0.0119 e. The van der Waals surface area contributed by atoms with Crippen molar-refractivity contribution in [3.05, 3.63) is 12.4 Å². The number of nitrogens with one attached hydrogen (secondary N) is 1. The van der Waals surface area contributed by atoms with Crippen LogP contribution in [0.3, 0.4) is 0 Å². The van der Waals surface area contributed by atoms with Gasteiger partial charge in [0.15, 0.2) is 0 Å². The molecule has 0 amide bonds. The maximum Gasteiger partial charge on any atom is 0.0119 e. The van der Waals surface area contributed by atoms with Gasteiger partial charge in [0.1, 0.15) is 0 Å². The second-order valence-corrected chi connectivity index (χ2v) is 0.648. The fourth-order valence-corrected chi connectivity index (χ4v) is 0.0962. The fourth-order valence-electron chi connectivity index (χ4n) is 0.0962. The van der Waals surface area contributed by atoms with Gasteiger partial charge < -0.3 is 11.1 Å². The van der Waals surface area contributed by atoms with Crippen molar-refractivity contribution in [3.8, 4) is 0 Å². The van der Waals surface area contributed by atoms with Gasteiger partial charge in [0.25, 0.3) is 0 Å². The Labute approximate surface area is 31.7 Å². The second-order valence-electron chi connectivity index (χ2n) is 0.648. The summed E-state index contributed by atoms with van der Waals surface area (Å²) < 4.78 is 0. The first-order valence-electron chi connectivity index (χ1n) is 1.46. The minimum Gasteiger partial charge on any atom is -0.403 e. The molecule has 0 aliphatic rings. The summed E-state index contributed by atoms with van der Waals surface area (Å²) in [6, 6.07) is 0. The topological polar surface area (TPSA) is 38.0 Å². The van der Waals surface area contributed by atoms with Gasteiger partial charge in [0.05, 0.1) is 0 Å². The molecule has 2 nitrogen and oxygen atoms in total. The van der Waals surface area contributed by atoms with E-state index < -0.39 is 0 Å². The van der Waals surface area contributed by atoms with E-state index in [1.807, 2.05) is 0 Å². The molecule has 0 rings (SSSR count). The maximum absolute atomic E-state index is 4.90. The Bertz CT molecular complexity index is 31.9. The van der Waals surface area contributed by atoms with Crippen LogP contribution in [0.2, 0.25) is 0 Å². The average Bonchev–Trinajstić information content (AvgIpc) is 1.41. The highest BCUT2D eigenvalue weighted by molar-refractivity contribution is 4.68. The molecule has 0 spiro atoms. The van der Waals surface area contributed by atoms with E-state index in [1.165, 1.54) is 6.20 Å². The standard InChI is InChI=1S/C3H8N2/c1-5-3-2-4/h2-3,5H,4H2,1H3. The quantitative estimate of drug-likeness (QED) is 0.443. The van der Waals surface area contributed by atoms with Gasteiger partial charge in [-0.2, -0.15) is 0 Å². The van der Waals surface area contributed by atoms with Crippen LogP contribution >= 0.6 is 0 Å². The predicted molar refractivity (Wildman–Crippen MR) is 22.4 cm³/mol. The van der Waals surface area contributed by atoms with Crippen molar-refractivity contribution in [3.63, 3.8) is 0 Å². The molecule has 0 saturated heterocycles. The highest BCUT2D eigenvalue weighted by Crippen LogP contribution is 1.41. The largest absolute Gasteiger partial charge is 0.403 e. The zero-order chi connectivity index (χ0) is 4.12. The molecule has 0 aromatic heterocycles. The zero-order valence-electron chi connectivity index (χ0n) is 3.23. The lowest BCUT2D eigenvalue weighted by Crippen LogP contribution is -1.93. The summed E-state index contributed by atoms with van der Waals surface area (Å²) in [5.41, 5.74) is 4.90. The van der Waals surface area contributed by atoms with Gasteiger partial charge in [-0.25, -0.2) is 0 Å². The summed E-state index contributed by atoms with van der Waals surface area (Å²) in [5, 5.41) is 2.71. The first-order chi connectivity index (χ1) is 2.41. The number of hydrogen-bond acceptors (Lipinski definition) is 2. The summed E-state index contributed by atoms with van der Waals surface area (Å²) in [6.45, 7) is 0. The molecule has 0 unspecified atom stereocenters. The third kappa shape index (κ3) is 3.34. The molecule has 3 N–H and O–H groups in total. The van der Waals surface area contributed by atoms with E-state index in [-0.39, 0.29) is 0 Å². The molecule has 0 saturated carbocycles. The van der Waals surface area contributed by atoms with E-state index in [0.717, 1.165) is 0 Å². The van der Waals surface area contributed by atoms with E-state index in [0.29, 0.717) is 0 Å². The van der Waals surface area contributed by atoms with E-state index in [9.17, 15) is 0 Å². The SMILES string of the molecule is CNC=CN. The van der Waals surface area contributed by atoms with Gasteiger partial charge in [0.2, 0.25) is 0 Å². The van der Waals surface area contributed by atoms with Gasteiger partial charge in [-0.3, -0.25) is 0 Å². The lowest BCUT2D eigenvalue weighted by molar-refractivity contribution is 1.09. The van der Waals surface area contributed by atoms with Crippen molar-refractivity contribution in [1.82, 2.24) is 5.32 Å². The van der Waals surface area contributed by atoms with Crippen LogP contribution in [0.4, 0.5) is 0 Å². The van der Waals surface area contributed by atoms with Gasteiger partial charge >= 0.3 is 0 Å². The summed E-state index contributed by atoms with van der Waals surface area (Å²) in [6.07, 6.45) is 3.10. The molecule has 0 aromatic carbocycles. The van der Waals surface area contributed by atoms with Gasteiger partial charge in [-0.15, -0.1) is 0 Å². The Kier molecular flexibility index (Phi) is 2.90. The van der Waals surface area contributed by atoms with Gasteiger partial charge in [-0.05, 0) is 0 Å². The highest BCUT2D eigenvalue weighted by Gasteiger charge is 1.45. The summed E-state index contributed by atoms with van der Waals surface area (Å²) in [7, 11) is 1.80. The molecule has 0 aromatic rings. The number of nitrogens with two attached hydrogens (primary N) is 1. The zero-order valence-corrected chi connectivity index (χ0v) is 3.23. The van der Waals surface area contributed by atoms with Crippen LogP contribution in [0.1, 0.15) is 0 Å². The fraction of sp³-hybridized carbons (Fsp3) is 0.333. The van der Waals surface area contributed by atoms with E-state index in [2.05, 4.69) is 5.32 Å². The maximum atomic E-state index is 4.90. The summed E-state index contributed by atoms with van der Waals surface area (Å²) in [4.78, 5) is 0. The Balaban J connectivity index is 2.62. The van der Waals surface area contributed by atoms with Crippen molar-refractivity contribution in [2.75, 3.05) is 7.05 Å². The van der Waals surface area contributed by atoms with Crippen molar-refractivity contribution < 1.29 is 0 Å². The molecule has 5 heavy (non-hydrogen) atoms. The molecule has 0 radical (unpaired) electrons. The molecule has 0 aliphatic carbocycles. The van der Waals surface area contributed by atoms with Crippen LogP contribution in [0.15, 0.2) is 12.4 Å². The van der Waals surface area contributed by atoms with E-state index in [4.69, 9.17) is 5.73 Å². The highest BCUT2D eigenvalue weighted by atomic mass is 14.8. The summed E-state index contributed by atoms with van der Waals surface area (Å²) in [5.74, 6) is 0. The normalized spacial score (nSPS) is 9.00. The number of rotatable bonds is 1. The molecular weight excluding hydrogens is 64.0 g/mol. The van der Waals surface area contributed by atoms with Crippen LogP contribution in [-0.2, 0) is 0 Å². The van der Waals surface area contributed by atoms with Crippen LogP contribution in [0.5, 0.6) is 0 Å². The van der Waals surface area contributed by atoms with Crippen molar-refractivity contribution >= 4 is 0 Å². The minimum absolute atomic E-state index is 1.44. The summed E-state index contributed by atoms with van der Waals surface area (Å²) >= 11 is 0. The molecule has 0 heterocycles. The predicted octanol–water partition coefficient (Wildman–Crippen LogP) is -0.364. The third-order valence-electron chi connectivity index (χ3n) is 0.263. The van der Waals surface area contributed by atoms with Crippen LogP contribution in [-0.4, -0.2) is 7.05 Å². The van der Waals surface area contributed by atoms with Crippen molar-refractivity contribution in [1.29, 1.82) is 0 Å². The molecule has 0 aliphatic heterocycles. The van der Waals surface area contributed by atoms with Gasteiger partial charge in [-0.1, -0.05) is 0 Å². The molecular formula is C3H8N2. The van der Waals surface area contributed by atoms with E-state index >= 15 is 0 Å². The van der Waals surface area contributed by atoms with Crippen molar-refractivity contribution in [2.24, 2.45) is 5.73 Å². The molecule has 0 atom stereocenters. The number of hydrogen-bond donors (Lipinski definition) is 2. The second kappa shape index (κ2) is 3.34. The molecule has 30 valence electrons. The van der Waals surface area contributed by atoms with Crippen LogP contribution in [0.25, 0.3) is 0 Å². The Morgan fingerprint density at radius 1 is 1.80 bits per heavy atom. The molecule has 2 heteroatoms. The first kappa shape index (κ1) is 4.34. The third-order valence-corrected chi connectivity index (χ3v) is 0.263. The molecule has 0 bridgehead atoms. The van der Waals surface area contributed by atoms with Crippen LogP contribution in [0, 0.1) is 0 Å². The van der Waals surface area contributed by atoms with Crippen molar-refractivity contribution in [2.45, 2.75) is 0 Å². The lowest BCUT2D eigenvalue weighted by Gasteiger charge is -1.75. The van der Waals surface area contributed by atoms with E-state index in [1.54, 1.807) is 13.2 Å². The average molecular weight is 72.1 g/mol. The Morgan fingerprint density at radius 2 is 2.40 bits per heavy atom. The monoisotopic (exact) mass is 72.1 g/mol. The Morgan fingerprint density at radius 3 is 2.40 bits per heavy atom. The minimum atomic E-state index is 1.44. The van der Waals surface area contributed by atoms with Gasteiger partial charge in [0, 0.05) is 19.4 Å². The van der Waals surface area contributed by atoms with Crippen LogP contribution < -0.4 is 11.1 Å². The first-order valence-corrected chi connectivity index (χ1v) is 1.46. The molecule has 0 fully saturated rings. The lowest BCUT2D eigenvalue weighted by atomic mass is 10.9. The Hall–Kier alpha value is -0.660.